The fourth-order valence-corrected chi connectivity index (χ4v) is 5.08. The molecular weight excluding hydrogens is 370 g/mol. The maximum absolute atomic E-state index is 10.3. The zero-order valence-electron chi connectivity index (χ0n) is 13.2. The van der Waals surface area contributed by atoms with Crippen molar-refractivity contribution in [2.45, 2.75) is 17.6 Å². The maximum Gasteiger partial charge on any atom is 0.148 e. The first-order valence-electron chi connectivity index (χ1n) is 7.81. The Morgan fingerprint density at radius 3 is 2.80 bits per heavy atom. The van der Waals surface area contributed by atoms with Crippen LogP contribution < -0.4 is 0 Å². The molecule has 7 heteroatoms. The van der Waals surface area contributed by atoms with Crippen LogP contribution in [0.3, 0.4) is 0 Å². The minimum absolute atomic E-state index is 0.456. The summed E-state index contributed by atoms with van der Waals surface area (Å²) >= 11 is 4.87. The number of nitrogens with zero attached hydrogens (tertiary/aromatic N) is 3. The van der Waals surface area contributed by atoms with E-state index in [0.717, 1.165) is 37.3 Å². The van der Waals surface area contributed by atoms with Crippen molar-refractivity contribution >= 4 is 44.8 Å². The Labute approximate surface area is 157 Å². The van der Waals surface area contributed by atoms with Crippen LogP contribution in [0.1, 0.15) is 18.1 Å². The molecule has 1 unspecified atom stereocenters. The van der Waals surface area contributed by atoms with Gasteiger partial charge in [0.1, 0.15) is 26.7 Å². The van der Waals surface area contributed by atoms with E-state index < -0.39 is 6.10 Å². The third-order valence-corrected chi connectivity index (χ3v) is 6.45. The second-order valence-electron chi connectivity index (χ2n) is 5.43. The van der Waals surface area contributed by atoms with Gasteiger partial charge in [-0.15, -0.1) is 11.8 Å². The molecule has 25 heavy (non-hydrogen) atoms. The van der Waals surface area contributed by atoms with E-state index in [1.54, 1.807) is 40.8 Å². The molecule has 0 aliphatic heterocycles. The summed E-state index contributed by atoms with van der Waals surface area (Å²) < 4.78 is 0. The van der Waals surface area contributed by atoms with Crippen molar-refractivity contribution < 1.29 is 5.11 Å². The highest BCUT2D eigenvalue weighted by Gasteiger charge is 2.14. The van der Waals surface area contributed by atoms with Crippen molar-refractivity contribution in [3.8, 4) is 10.6 Å². The monoisotopic (exact) mass is 385 g/mol. The van der Waals surface area contributed by atoms with Gasteiger partial charge >= 0.3 is 0 Å². The van der Waals surface area contributed by atoms with Gasteiger partial charge in [-0.2, -0.15) is 11.3 Å². The summed E-state index contributed by atoms with van der Waals surface area (Å²) in [5.41, 5.74) is 2.93. The van der Waals surface area contributed by atoms with Crippen LogP contribution >= 0.6 is 34.4 Å². The number of aliphatic hydroxyl groups is 1. The number of aromatic nitrogens is 3. The van der Waals surface area contributed by atoms with Crippen molar-refractivity contribution in [2.24, 2.45) is 0 Å². The van der Waals surface area contributed by atoms with E-state index in [4.69, 9.17) is 4.98 Å². The SMILES string of the molecule is OC(CCSc1ncnc2sc(-c3ccsc3)nc12)c1ccccc1. The molecule has 1 N–H and O–H groups in total. The van der Waals surface area contributed by atoms with Crippen molar-refractivity contribution in [1.29, 1.82) is 0 Å². The summed E-state index contributed by atoms with van der Waals surface area (Å²) in [6, 6.07) is 11.8. The highest BCUT2D eigenvalue weighted by molar-refractivity contribution is 7.99. The van der Waals surface area contributed by atoms with Gasteiger partial charge in [-0.05, 0) is 23.4 Å². The molecule has 3 aromatic heterocycles. The van der Waals surface area contributed by atoms with Crippen LogP contribution in [-0.4, -0.2) is 25.8 Å². The molecule has 0 aliphatic rings. The van der Waals surface area contributed by atoms with Crippen LogP contribution in [0.5, 0.6) is 0 Å². The third kappa shape index (κ3) is 3.74. The van der Waals surface area contributed by atoms with Crippen molar-refractivity contribution in [1.82, 2.24) is 15.0 Å². The van der Waals surface area contributed by atoms with Gasteiger partial charge in [-0.3, -0.25) is 0 Å². The first kappa shape index (κ1) is 16.7. The van der Waals surface area contributed by atoms with E-state index in [-0.39, 0.29) is 0 Å². The quantitative estimate of drug-likeness (QED) is 0.373. The van der Waals surface area contributed by atoms with Crippen molar-refractivity contribution in [2.75, 3.05) is 5.75 Å². The predicted octanol–water partition coefficient (Wildman–Crippen LogP) is 5.03. The van der Waals surface area contributed by atoms with Crippen LogP contribution in [0.25, 0.3) is 20.9 Å². The lowest BCUT2D eigenvalue weighted by atomic mass is 10.1. The molecule has 126 valence electrons. The number of fused-ring (bicyclic) bond motifs is 1. The molecule has 0 amide bonds. The van der Waals surface area contributed by atoms with Gasteiger partial charge in [0.2, 0.25) is 0 Å². The predicted molar refractivity (Wildman–Crippen MR) is 105 cm³/mol. The lowest BCUT2D eigenvalue weighted by Crippen LogP contribution is -1.99. The van der Waals surface area contributed by atoms with E-state index in [1.807, 2.05) is 35.7 Å². The van der Waals surface area contributed by atoms with Gasteiger partial charge in [-0.25, -0.2) is 15.0 Å². The standard InChI is InChI=1S/C18H15N3OS3/c22-14(12-4-2-1-3-5-12)7-9-24-17-15-18(20-11-19-17)25-16(21-15)13-6-8-23-10-13/h1-6,8,10-11,14,22H,7,9H2. The number of thiophene rings is 1. The first-order chi connectivity index (χ1) is 12.3. The highest BCUT2D eigenvalue weighted by atomic mass is 32.2. The van der Waals surface area contributed by atoms with Gasteiger partial charge < -0.3 is 5.11 Å². The normalized spacial score (nSPS) is 12.5. The highest BCUT2D eigenvalue weighted by Crippen LogP contribution is 2.34. The van der Waals surface area contributed by atoms with Crippen LogP contribution in [0.15, 0.2) is 58.5 Å². The average molecular weight is 386 g/mol. The molecular formula is C18H15N3OS3. The number of hydrogen-bond acceptors (Lipinski definition) is 7. The molecule has 0 bridgehead atoms. The van der Waals surface area contributed by atoms with Crippen LogP contribution in [0, 0.1) is 0 Å². The largest absolute Gasteiger partial charge is 0.388 e. The Bertz CT molecular complexity index is 954. The van der Waals surface area contributed by atoms with Gasteiger partial charge in [-0.1, -0.05) is 41.7 Å². The molecule has 0 saturated carbocycles. The number of thioether (sulfide) groups is 1. The Hall–Kier alpha value is -1.80. The smallest absolute Gasteiger partial charge is 0.148 e. The Balaban J connectivity index is 1.48. The molecule has 0 aliphatic carbocycles. The minimum atomic E-state index is -0.456. The topological polar surface area (TPSA) is 58.9 Å². The average Bonchev–Trinajstić information content (AvgIpc) is 3.32. The summed E-state index contributed by atoms with van der Waals surface area (Å²) in [5, 5.41) is 16.3. The van der Waals surface area contributed by atoms with Crippen molar-refractivity contribution in [3.63, 3.8) is 0 Å². The van der Waals surface area contributed by atoms with Crippen LogP contribution in [0.2, 0.25) is 0 Å². The van der Waals surface area contributed by atoms with Gasteiger partial charge in [0.05, 0.1) is 6.10 Å². The summed E-state index contributed by atoms with van der Waals surface area (Å²) in [4.78, 5) is 14.4. The number of aliphatic hydroxyl groups excluding tert-OH is 1. The van der Waals surface area contributed by atoms with E-state index >= 15 is 0 Å². The number of hydrogen-bond donors (Lipinski definition) is 1. The number of benzene rings is 1. The van der Waals surface area contributed by atoms with E-state index in [9.17, 15) is 5.11 Å². The summed E-state index contributed by atoms with van der Waals surface area (Å²) in [7, 11) is 0. The van der Waals surface area contributed by atoms with Gasteiger partial charge in [0, 0.05) is 16.7 Å². The lowest BCUT2D eigenvalue weighted by molar-refractivity contribution is 0.175. The first-order valence-corrected chi connectivity index (χ1v) is 10.6. The Morgan fingerprint density at radius 1 is 1.12 bits per heavy atom. The van der Waals surface area contributed by atoms with Gasteiger partial charge in [0.25, 0.3) is 0 Å². The minimum Gasteiger partial charge on any atom is -0.388 e. The van der Waals surface area contributed by atoms with Gasteiger partial charge in [0.15, 0.2) is 0 Å². The summed E-state index contributed by atoms with van der Waals surface area (Å²) in [6.45, 7) is 0. The number of thiazole rings is 1. The van der Waals surface area contributed by atoms with E-state index in [0.29, 0.717) is 6.42 Å². The lowest BCUT2D eigenvalue weighted by Gasteiger charge is -2.10. The zero-order chi connectivity index (χ0) is 17.1. The molecule has 0 radical (unpaired) electrons. The van der Waals surface area contributed by atoms with E-state index in [1.165, 1.54) is 0 Å². The Kier molecular flexibility index (Phi) is 5.07. The fourth-order valence-electron chi connectivity index (χ4n) is 2.46. The number of rotatable bonds is 6. The summed E-state index contributed by atoms with van der Waals surface area (Å²) in [6.07, 6.45) is 1.80. The van der Waals surface area contributed by atoms with Crippen LogP contribution in [-0.2, 0) is 0 Å². The molecule has 0 saturated heterocycles. The second kappa shape index (κ2) is 7.61. The zero-order valence-corrected chi connectivity index (χ0v) is 15.7. The molecule has 4 nitrogen and oxygen atoms in total. The molecule has 4 rings (SSSR count). The molecule has 1 atom stereocenters. The molecule has 3 heterocycles. The van der Waals surface area contributed by atoms with Crippen LogP contribution in [0.4, 0.5) is 0 Å². The second-order valence-corrected chi connectivity index (χ2v) is 8.27. The maximum atomic E-state index is 10.3. The summed E-state index contributed by atoms with van der Waals surface area (Å²) in [5.74, 6) is 0.771. The van der Waals surface area contributed by atoms with Crippen molar-refractivity contribution in [3.05, 3.63) is 59.0 Å². The molecule has 0 fully saturated rings. The molecule has 0 spiro atoms. The van der Waals surface area contributed by atoms with E-state index in [2.05, 4.69) is 21.4 Å². The molecule has 1 aromatic carbocycles. The Morgan fingerprint density at radius 2 is 2.00 bits per heavy atom. The fraction of sp³-hybridized carbons (Fsp3) is 0.167. The third-order valence-electron chi connectivity index (χ3n) is 3.74. The molecule has 4 aromatic rings.